The summed E-state index contributed by atoms with van der Waals surface area (Å²) in [6, 6.07) is 9.72. The van der Waals surface area contributed by atoms with Crippen LogP contribution in [0.4, 0.5) is 5.95 Å². The molecule has 0 aliphatic carbocycles. The molecule has 0 atom stereocenters. The van der Waals surface area contributed by atoms with E-state index >= 15 is 0 Å². The Bertz CT molecular complexity index is 756. The van der Waals surface area contributed by atoms with Gasteiger partial charge in [0.05, 0.1) is 6.54 Å². The first-order valence-corrected chi connectivity index (χ1v) is 10.3. The summed E-state index contributed by atoms with van der Waals surface area (Å²) < 4.78 is 0. The molecule has 0 bridgehead atoms. The lowest BCUT2D eigenvalue weighted by Crippen LogP contribution is -2.53. The number of anilines is 1. The highest BCUT2D eigenvalue weighted by atomic mass is 35.5. The van der Waals surface area contributed by atoms with E-state index in [0.29, 0.717) is 19.6 Å². The molecule has 7 heteroatoms. The molecule has 1 aliphatic rings. The number of amides is 1. The number of halogens is 1. The van der Waals surface area contributed by atoms with E-state index in [9.17, 15) is 4.79 Å². The van der Waals surface area contributed by atoms with E-state index in [1.54, 1.807) is 12.4 Å². The van der Waals surface area contributed by atoms with Crippen molar-refractivity contribution in [2.75, 3.05) is 37.6 Å². The molecule has 6 nitrogen and oxygen atoms in total. The zero-order chi connectivity index (χ0) is 20.0. The summed E-state index contributed by atoms with van der Waals surface area (Å²) in [5.74, 6) is 0.861. The number of nitrogens with one attached hydrogen (secondary N) is 1. The van der Waals surface area contributed by atoms with Crippen LogP contribution in [0.5, 0.6) is 0 Å². The highest BCUT2D eigenvalue weighted by Gasteiger charge is 2.30. The van der Waals surface area contributed by atoms with Gasteiger partial charge >= 0.3 is 0 Å². The van der Waals surface area contributed by atoms with Gasteiger partial charge in [-0.15, -0.1) is 0 Å². The lowest BCUT2D eigenvalue weighted by atomic mass is 9.84. The van der Waals surface area contributed by atoms with Gasteiger partial charge in [0, 0.05) is 49.1 Å². The minimum atomic E-state index is -0.222. The molecule has 1 saturated heterocycles. The molecule has 0 radical (unpaired) electrons. The maximum atomic E-state index is 12.8. The SMILES string of the molecule is CCC(CC)(NCC(=O)N1CCN(c2ncccn2)CC1)c1ccc(Cl)cc1. The van der Waals surface area contributed by atoms with E-state index in [4.69, 9.17) is 11.6 Å². The van der Waals surface area contributed by atoms with Gasteiger partial charge in [-0.05, 0) is 36.6 Å². The van der Waals surface area contributed by atoms with E-state index in [0.717, 1.165) is 36.9 Å². The molecule has 28 heavy (non-hydrogen) atoms. The van der Waals surface area contributed by atoms with Gasteiger partial charge in [-0.1, -0.05) is 37.6 Å². The zero-order valence-corrected chi connectivity index (χ0v) is 17.3. The summed E-state index contributed by atoms with van der Waals surface area (Å²) in [7, 11) is 0. The lowest BCUT2D eigenvalue weighted by Gasteiger charge is -2.37. The van der Waals surface area contributed by atoms with Crippen molar-refractivity contribution in [3.63, 3.8) is 0 Å². The van der Waals surface area contributed by atoms with Gasteiger partial charge in [-0.2, -0.15) is 0 Å². The Morgan fingerprint density at radius 2 is 1.68 bits per heavy atom. The predicted octanol–water partition coefficient (Wildman–Crippen LogP) is 3.08. The number of aromatic nitrogens is 2. The van der Waals surface area contributed by atoms with Crippen molar-refractivity contribution in [2.45, 2.75) is 32.2 Å². The Labute approximate surface area is 171 Å². The van der Waals surface area contributed by atoms with Gasteiger partial charge in [-0.25, -0.2) is 9.97 Å². The Morgan fingerprint density at radius 1 is 1.07 bits per heavy atom. The third kappa shape index (κ3) is 4.62. The fourth-order valence-corrected chi connectivity index (χ4v) is 3.87. The topological polar surface area (TPSA) is 61.4 Å². The van der Waals surface area contributed by atoms with Crippen molar-refractivity contribution < 1.29 is 4.79 Å². The van der Waals surface area contributed by atoms with E-state index in [1.807, 2.05) is 35.2 Å². The molecule has 1 fully saturated rings. The molecule has 1 aromatic carbocycles. The minimum Gasteiger partial charge on any atom is -0.338 e. The van der Waals surface area contributed by atoms with Gasteiger partial charge in [-0.3, -0.25) is 10.1 Å². The first-order valence-electron chi connectivity index (χ1n) is 9.89. The Hall–Kier alpha value is -2.18. The standard InChI is InChI=1S/C21H28ClN5O/c1-3-21(4-2,17-6-8-18(22)9-7-17)25-16-19(28)26-12-14-27(15-13-26)20-23-10-5-11-24-20/h5-11,25H,3-4,12-16H2,1-2H3. The van der Waals surface area contributed by atoms with Gasteiger partial charge in [0.2, 0.25) is 11.9 Å². The van der Waals surface area contributed by atoms with Crippen LogP contribution in [0, 0.1) is 0 Å². The molecule has 1 aliphatic heterocycles. The van der Waals surface area contributed by atoms with Crippen LogP contribution < -0.4 is 10.2 Å². The van der Waals surface area contributed by atoms with Crippen LogP contribution in [0.1, 0.15) is 32.3 Å². The molecule has 1 amide bonds. The average Bonchev–Trinajstić information content (AvgIpc) is 2.76. The molecule has 0 spiro atoms. The van der Waals surface area contributed by atoms with Crippen LogP contribution >= 0.6 is 11.6 Å². The van der Waals surface area contributed by atoms with Crippen LogP contribution in [-0.4, -0.2) is 53.5 Å². The number of carbonyl (C=O) groups excluding carboxylic acids is 1. The number of hydrogen-bond donors (Lipinski definition) is 1. The highest BCUT2D eigenvalue weighted by molar-refractivity contribution is 6.30. The summed E-state index contributed by atoms with van der Waals surface area (Å²) in [6.45, 7) is 7.49. The summed E-state index contributed by atoms with van der Waals surface area (Å²) in [5, 5.41) is 4.26. The summed E-state index contributed by atoms with van der Waals surface area (Å²) in [6.07, 6.45) is 5.29. The fraction of sp³-hybridized carbons (Fsp3) is 0.476. The van der Waals surface area contributed by atoms with Crippen molar-refractivity contribution in [2.24, 2.45) is 0 Å². The van der Waals surface area contributed by atoms with E-state index < -0.39 is 0 Å². The molecule has 0 saturated carbocycles. The van der Waals surface area contributed by atoms with Gasteiger partial charge in [0.1, 0.15) is 0 Å². The normalized spacial score (nSPS) is 15.0. The average molecular weight is 402 g/mol. The van der Waals surface area contributed by atoms with Crippen LogP contribution in [0.25, 0.3) is 0 Å². The lowest BCUT2D eigenvalue weighted by molar-refractivity contribution is -0.131. The zero-order valence-electron chi connectivity index (χ0n) is 16.6. The second kappa shape index (κ2) is 9.34. The van der Waals surface area contributed by atoms with E-state index in [1.165, 1.54) is 5.56 Å². The predicted molar refractivity (Wildman–Crippen MR) is 113 cm³/mol. The summed E-state index contributed by atoms with van der Waals surface area (Å²) in [4.78, 5) is 25.4. The number of nitrogens with zero attached hydrogens (tertiary/aromatic N) is 4. The summed E-state index contributed by atoms with van der Waals surface area (Å²) >= 11 is 6.04. The molecule has 1 aromatic heterocycles. The minimum absolute atomic E-state index is 0.133. The Balaban J connectivity index is 1.57. The van der Waals surface area contributed by atoms with Crippen LogP contribution in [-0.2, 0) is 10.3 Å². The van der Waals surface area contributed by atoms with Crippen LogP contribution in [0.3, 0.4) is 0 Å². The number of benzene rings is 1. The molecule has 0 unspecified atom stereocenters. The van der Waals surface area contributed by atoms with Gasteiger partial charge in [0.25, 0.3) is 0 Å². The third-order valence-corrected chi connectivity index (χ3v) is 5.90. The Kier molecular flexibility index (Phi) is 6.86. The molecule has 2 heterocycles. The first-order chi connectivity index (χ1) is 13.6. The fourth-order valence-electron chi connectivity index (χ4n) is 3.75. The molecular weight excluding hydrogens is 374 g/mol. The Morgan fingerprint density at radius 3 is 2.25 bits per heavy atom. The smallest absolute Gasteiger partial charge is 0.236 e. The first kappa shape index (κ1) is 20.6. The van der Waals surface area contributed by atoms with Crippen molar-refractivity contribution >= 4 is 23.5 Å². The van der Waals surface area contributed by atoms with Crippen LogP contribution in [0.2, 0.25) is 5.02 Å². The van der Waals surface area contributed by atoms with Gasteiger partial charge in [0.15, 0.2) is 0 Å². The van der Waals surface area contributed by atoms with Crippen molar-refractivity contribution in [1.29, 1.82) is 0 Å². The van der Waals surface area contributed by atoms with E-state index in [-0.39, 0.29) is 11.4 Å². The molecular formula is C21H28ClN5O. The third-order valence-electron chi connectivity index (χ3n) is 5.65. The number of hydrogen-bond acceptors (Lipinski definition) is 5. The van der Waals surface area contributed by atoms with Crippen molar-refractivity contribution in [3.8, 4) is 0 Å². The molecule has 2 aromatic rings. The monoisotopic (exact) mass is 401 g/mol. The maximum absolute atomic E-state index is 12.8. The largest absolute Gasteiger partial charge is 0.338 e. The van der Waals surface area contributed by atoms with Gasteiger partial charge < -0.3 is 9.80 Å². The van der Waals surface area contributed by atoms with Crippen molar-refractivity contribution in [3.05, 3.63) is 53.3 Å². The van der Waals surface area contributed by atoms with Crippen LogP contribution in [0.15, 0.2) is 42.7 Å². The number of piperazine rings is 1. The number of carbonyl (C=O) groups is 1. The molecule has 150 valence electrons. The molecule has 3 rings (SSSR count). The van der Waals surface area contributed by atoms with E-state index in [2.05, 4.69) is 34.0 Å². The molecule has 1 N–H and O–H groups in total. The van der Waals surface area contributed by atoms with Crippen molar-refractivity contribution in [1.82, 2.24) is 20.2 Å². The maximum Gasteiger partial charge on any atom is 0.236 e. The summed E-state index contributed by atoms with van der Waals surface area (Å²) in [5.41, 5.74) is 0.945. The second-order valence-corrected chi connectivity index (χ2v) is 7.50. The number of rotatable bonds is 7. The highest BCUT2D eigenvalue weighted by Crippen LogP contribution is 2.29. The second-order valence-electron chi connectivity index (χ2n) is 7.07. The quantitative estimate of drug-likeness (QED) is 0.772.